The molecule has 0 spiro atoms. The van der Waals surface area contributed by atoms with Crippen molar-refractivity contribution in [2.75, 3.05) is 0 Å². The van der Waals surface area contributed by atoms with Gasteiger partial charge in [0, 0.05) is 27.5 Å². The summed E-state index contributed by atoms with van der Waals surface area (Å²) in [5.74, 6) is 0.709. The van der Waals surface area contributed by atoms with Crippen molar-refractivity contribution in [2.24, 2.45) is 0 Å². The third-order valence-corrected chi connectivity index (χ3v) is 9.67. The van der Waals surface area contributed by atoms with Gasteiger partial charge >= 0.3 is 0 Å². The number of hydrogen-bond acceptors (Lipinski definition) is 3. The highest BCUT2D eigenvalue weighted by Gasteiger charge is 2.15. The van der Waals surface area contributed by atoms with Gasteiger partial charge in [0.15, 0.2) is 5.82 Å². The lowest BCUT2D eigenvalue weighted by Crippen LogP contribution is -1.96. The Morgan fingerprint density at radius 3 is 1.41 bits per heavy atom. The maximum Gasteiger partial charge on any atom is 0.160 e. The van der Waals surface area contributed by atoms with Crippen molar-refractivity contribution >= 4 is 54.3 Å². The number of nitrogens with zero attached hydrogens (tertiary/aromatic N) is 2. The van der Waals surface area contributed by atoms with Crippen LogP contribution in [0.4, 0.5) is 0 Å². The van der Waals surface area contributed by atoms with Crippen molar-refractivity contribution in [1.82, 2.24) is 9.97 Å². The molecule has 0 unspecified atom stereocenters. The Kier molecular flexibility index (Phi) is 6.18. The van der Waals surface area contributed by atoms with Crippen LogP contribution < -0.4 is 0 Å². The molecule has 2 aromatic heterocycles. The number of para-hydroxylation sites is 1. The second-order valence-corrected chi connectivity index (χ2v) is 12.6. The zero-order chi connectivity index (χ0) is 32.3. The predicted molar refractivity (Wildman–Crippen MR) is 204 cm³/mol. The summed E-state index contributed by atoms with van der Waals surface area (Å²) in [6, 6.07) is 59.8. The molecule has 10 rings (SSSR count). The molecule has 228 valence electrons. The zero-order valence-corrected chi connectivity index (χ0v) is 26.5. The highest BCUT2D eigenvalue weighted by molar-refractivity contribution is 6.26. The van der Waals surface area contributed by atoms with Crippen molar-refractivity contribution < 1.29 is 4.42 Å². The molecule has 0 aliphatic carbocycles. The molecular formula is C46H28N2O. The fourth-order valence-electron chi connectivity index (χ4n) is 7.27. The van der Waals surface area contributed by atoms with Gasteiger partial charge in [0.1, 0.15) is 11.2 Å². The molecule has 2 heterocycles. The molecule has 3 nitrogen and oxygen atoms in total. The first-order valence-electron chi connectivity index (χ1n) is 16.6. The van der Waals surface area contributed by atoms with Crippen molar-refractivity contribution in [3.8, 4) is 45.0 Å². The molecular weight excluding hydrogens is 597 g/mol. The average Bonchev–Trinajstić information content (AvgIpc) is 3.56. The van der Waals surface area contributed by atoms with Crippen LogP contribution in [-0.4, -0.2) is 9.97 Å². The summed E-state index contributed by atoms with van der Waals surface area (Å²) in [7, 11) is 0. The van der Waals surface area contributed by atoms with Crippen LogP contribution in [0, 0.1) is 0 Å². The van der Waals surface area contributed by atoms with Crippen LogP contribution in [0.1, 0.15) is 0 Å². The van der Waals surface area contributed by atoms with E-state index < -0.39 is 0 Å². The van der Waals surface area contributed by atoms with Gasteiger partial charge in [-0.05, 0) is 79.8 Å². The van der Waals surface area contributed by atoms with Gasteiger partial charge < -0.3 is 4.42 Å². The van der Waals surface area contributed by atoms with E-state index >= 15 is 0 Å². The number of fused-ring (bicyclic) bond motifs is 9. The Morgan fingerprint density at radius 2 is 0.735 bits per heavy atom. The smallest absolute Gasteiger partial charge is 0.160 e. The summed E-state index contributed by atoms with van der Waals surface area (Å²) < 4.78 is 6.12. The van der Waals surface area contributed by atoms with Crippen LogP contribution in [0.3, 0.4) is 0 Å². The van der Waals surface area contributed by atoms with E-state index in [4.69, 9.17) is 14.4 Å². The Labute approximate surface area is 282 Å². The van der Waals surface area contributed by atoms with Crippen molar-refractivity contribution in [3.05, 3.63) is 170 Å². The molecule has 49 heavy (non-hydrogen) atoms. The highest BCUT2D eigenvalue weighted by atomic mass is 16.3. The normalized spacial score (nSPS) is 11.7. The molecule has 0 atom stereocenters. The largest absolute Gasteiger partial charge is 0.456 e. The molecule has 0 N–H and O–H groups in total. The van der Waals surface area contributed by atoms with E-state index in [1.807, 2.05) is 24.3 Å². The molecule has 10 aromatic rings. The van der Waals surface area contributed by atoms with E-state index in [2.05, 4.69) is 146 Å². The second kappa shape index (κ2) is 11.0. The van der Waals surface area contributed by atoms with Crippen LogP contribution in [0.15, 0.2) is 174 Å². The van der Waals surface area contributed by atoms with E-state index in [0.717, 1.165) is 50.0 Å². The number of benzene rings is 8. The minimum Gasteiger partial charge on any atom is -0.456 e. The zero-order valence-electron chi connectivity index (χ0n) is 26.5. The maximum atomic E-state index is 6.12. The van der Waals surface area contributed by atoms with Crippen LogP contribution >= 0.6 is 0 Å². The third-order valence-electron chi connectivity index (χ3n) is 9.67. The first kappa shape index (κ1) is 27.5. The minimum absolute atomic E-state index is 0.709. The van der Waals surface area contributed by atoms with Gasteiger partial charge in [0.2, 0.25) is 0 Å². The van der Waals surface area contributed by atoms with Gasteiger partial charge in [-0.15, -0.1) is 0 Å². The standard InChI is InChI=1S/C46H28N2O/c1-3-11-29(12-4-1)42-28-43(30-13-5-2-6-14-30)48-46(47-42)33-20-23-37-39-25-31(19-22-36(39)34-15-7-8-16-35(34)40(37)27-33)32-21-24-45-41(26-32)38-17-9-10-18-44(38)49-45/h1-28H. The van der Waals surface area contributed by atoms with Gasteiger partial charge in [0.25, 0.3) is 0 Å². The van der Waals surface area contributed by atoms with Gasteiger partial charge in [-0.25, -0.2) is 9.97 Å². The van der Waals surface area contributed by atoms with Gasteiger partial charge in [-0.1, -0.05) is 133 Å². The molecule has 0 bridgehead atoms. The lowest BCUT2D eigenvalue weighted by atomic mass is 9.91. The van der Waals surface area contributed by atoms with Gasteiger partial charge in [0.05, 0.1) is 11.4 Å². The molecule has 8 aromatic carbocycles. The number of aromatic nitrogens is 2. The number of rotatable bonds is 4. The Morgan fingerprint density at radius 1 is 0.286 bits per heavy atom. The summed E-state index contributed by atoms with van der Waals surface area (Å²) >= 11 is 0. The van der Waals surface area contributed by atoms with E-state index in [1.165, 1.54) is 43.4 Å². The van der Waals surface area contributed by atoms with Crippen LogP contribution in [0.2, 0.25) is 0 Å². The second-order valence-electron chi connectivity index (χ2n) is 12.6. The summed E-state index contributed by atoms with van der Waals surface area (Å²) in [6.07, 6.45) is 0. The lowest BCUT2D eigenvalue weighted by Gasteiger charge is -2.14. The van der Waals surface area contributed by atoms with Crippen LogP contribution in [0.5, 0.6) is 0 Å². The molecule has 0 saturated carbocycles. The Balaban J connectivity index is 1.18. The Hall–Kier alpha value is -6.58. The van der Waals surface area contributed by atoms with Gasteiger partial charge in [-0.2, -0.15) is 0 Å². The molecule has 0 fully saturated rings. The predicted octanol–water partition coefficient (Wildman–Crippen LogP) is 12.5. The molecule has 0 radical (unpaired) electrons. The summed E-state index contributed by atoms with van der Waals surface area (Å²) in [5.41, 5.74) is 9.08. The van der Waals surface area contributed by atoms with E-state index in [-0.39, 0.29) is 0 Å². The van der Waals surface area contributed by atoms with Crippen LogP contribution in [0.25, 0.3) is 99.3 Å². The summed E-state index contributed by atoms with van der Waals surface area (Å²) in [6.45, 7) is 0. The lowest BCUT2D eigenvalue weighted by molar-refractivity contribution is 0.669. The van der Waals surface area contributed by atoms with Gasteiger partial charge in [-0.3, -0.25) is 0 Å². The molecule has 0 amide bonds. The van der Waals surface area contributed by atoms with E-state index in [0.29, 0.717) is 5.82 Å². The maximum absolute atomic E-state index is 6.12. The number of hydrogen-bond donors (Lipinski definition) is 0. The van der Waals surface area contributed by atoms with Crippen molar-refractivity contribution in [1.29, 1.82) is 0 Å². The monoisotopic (exact) mass is 624 g/mol. The van der Waals surface area contributed by atoms with Crippen molar-refractivity contribution in [3.63, 3.8) is 0 Å². The third kappa shape index (κ3) is 4.59. The fraction of sp³-hybridized carbons (Fsp3) is 0. The molecule has 0 aliphatic heterocycles. The summed E-state index contributed by atoms with van der Waals surface area (Å²) in [4.78, 5) is 10.3. The van der Waals surface area contributed by atoms with E-state index in [1.54, 1.807) is 0 Å². The van der Waals surface area contributed by atoms with Crippen LogP contribution in [-0.2, 0) is 0 Å². The Bertz CT molecular complexity index is 2810. The topological polar surface area (TPSA) is 38.9 Å². The average molecular weight is 625 g/mol. The quantitative estimate of drug-likeness (QED) is 0.183. The number of furan rings is 1. The molecule has 3 heteroatoms. The first-order chi connectivity index (χ1) is 24.3. The summed E-state index contributed by atoms with van der Waals surface area (Å²) in [5, 5.41) is 9.57. The first-order valence-corrected chi connectivity index (χ1v) is 16.6. The SMILES string of the molecule is c1ccc(-c2cc(-c3ccccc3)nc(-c3ccc4c5cc(-c6ccc7oc8ccccc8c7c6)ccc5c5ccccc5c4c3)n2)cc1. The highest BCUT2D eigenvalue weighted by Crippen LogP contribution is 2.40. The molecule has 0 aliphatic rings. The molecule has 0 saturated heterocycles. The minimum atomic E-state index is 0.709. The fourth-order valence-corrected chi connectivity index (χ4v) is 7.27. The van der Waals surface area contributed by atoms with Crippen molar-refractivity contribution in [2.45, 2.75) is 0 Å². The van der Waals surface area contributed by atoms with E-state index in [9.17, 15) is 0 Å².